The van der Waals surface area contributed by atoms with E-state index in [9.17, 15) is 9.90 Å². The second-order valence-electron chi connectivity index (χ2n) is 4.10. The predicted octanol–water partition coefficient (Wildman–Crippen LogP) is 1.37. The SMILES string of the molecule is NC(=O)c1ccc(NC(CO)c2ccc(Cl)cc2)nn1. The summed E-state index contributed by atoms with van der Waals surface area (Å²) in [7, 11) is 0. The highest BCUT2D eigenvalue weighted by Gasteiger charge is 2.11. The molecule has 0 aliphatic carbocycles. The van der Waals surface area contributed by atoms with Crippen LogP contribution in [0.3, 0.4) is 0 Å². The van der Waals surface area contributed by atoms with Gasteiger partial charge >= 0.3 is 0 Å². The molecule has 20 heavy (non-hydrogen) atoms. The van der Waals surface area contributed by atoms with Gasteiger partial charge in [-0.05, 0) is 29.8 Å². The third kappa shape index (κ3) is 3.43. The Hall–Kier alpha value is -2.18. The number of halogens is 1. The zero-order chi connectivity index (χ0) is 14.5. The Bertz CT molecular complexity index is 586. The van der Waals surface area contributed by atoms with Crippen LogP contribution in [0.1, 0.15) is 22.1 Å². The number of nitrogens with two attached hydrogens (primary N) is 1. The van der Waals surface area contributed by atoms with Gasteiger partial charge in [-0.3, -0.25) is 4.79 Å². The molecule has 1 atom stereocenters. The first kappa shape index (κ1) is 14.2. The van der Waals surface area contributed by atoms with Crippen molar-refractivity contribution >= 4 is 23.3 Å². The number of carbonyl (C=O) groups is 1. The topological polar surface area (TPSA) is 101 Å². The number of primary amides is 1. The minimum absolute atomic E-state index is 0.0857. The van der Waals surface area contributed by atoms with Gasteiger partial charge in [-0.25, -0.2) is 0 Å². The van der Waals surface area contributed by atoms with Gasteiger partial charge in [-0.2, -0.15) is 0 Å². The molecule has 1 unspecified atom stereocenters. The zero-order valence-corrected chi connectivity index (χ0v) is 11.2. The van der Waals surface area contributed by atoms with Crippen LogP contribution in [0, 0.1) is 0 Å². The van der Waals surface area contributed by atoms with E-state index in [-0.39, 0.29) is 18.3 Å². The van der Waals surface area contributed by atoms with E-state index < -0.39 is 5.91 Å². The van der Waals surface area contributed by atoms with Gasteiger partial charge < -0.3 is 16.2 Å². The standard InChI is InChI=1S/C13H13ClN4O2/c14-9-3-1-8(2-4-9)11(7-19)16-12-6-5-10(13(15)20)17-18-12/h1-6,11,19H,7H2,(H2,15,20)(H,16,18). The van der Waals surface area contributed by atoms with Gasteiger partial charge in [0.1, 0.15) is 5.82 Å². The molecule has 0 saturated heterocycles. The van der Waals surface area contributed by atoms with E-state index in [0.717, 1.165) is 5.56 Å². The van der Waals surface area contributed by atoms with Crippen molar-refractivity contribution in [2.24, 2.45) is 5.73 Å². The molecule has 1 amide bonds. The van der Waals surface area contributed by atoms with Gasteiger partial charge in [0.15, 0.2) is 5.69 Å². The fourth-order valence-corrected chi connectivity index (χ4v) is 1.77. The highest BCUT2D eigenvalue weighted by Crippen LogP contribution is 2.19. The predicted molar refractivity (Wildman–Crippen MR) is 75.5 cm³/mol. The van der Waals surface area contributed by atoms with E-state index in [1.165, 1.54) is 6.07 Å². The van der Waals surface area contributed by atoms with Gasteiger partial charge in [0.2, 0.25) is 0 Å². The molecular formula is C13H13ClN4O2. The molecule has 1 heterocycles. The molecule has 0 aliphatic rings. The molecule has 2 rings (SSSR count). The van der Waals surface area contributed by atoms with Crippen LogP contribution >= 0.6 is 11.6 Å². The number of aliphatic hydroxyl groups is 1. The van der Waals surface area contributed by atoms with Crippen LogP contribution in [0.4, 0.5) is 5.82 Å². The third-order valence-electron chi connectivity index (χ3n) is 2.69. The van der Waals surface area contributed by atoms with E-state index in [1.54, 1.807) is 30.3 Å². The minimum atomic E-state index is -0.638. The molecule has 1 aromatic carbocycles. The Morgan fingerprint density at radius 2 is 1.95 bits per heavy atom. The summed E-state index contributed by atoms with van der Waals surface area (Å²) in [6.07, 6.45) is 0. The number of aromatic nitrogens is 2. The average Bonchev–Trinajstić information content (AvgIpc) is 2.46. The van der Waals surface area contributed by atoms with Crippen LogP contribution in [-0.4, -0.2) is 27.8 Å². The van der Waals surface area contributed by atoms with E-state index >= 15 is 0 Å². The fourth-order valence-electron chi connectivity index (χ4n) is 1.65. The lowest BCUT2D eigenvalue weighted by atomic mass is 10.1. The second-order valence-corrected chi connectivity index (χ2v) is 4.54. The smallest absolute Gasteiger partial charge is 0.269 e. The molecule has 0 aliphatic heterocycles. The maximum absolute atomic E-state index is 10.9. The summed E-state index contributed by atoms with van der Waals surface area (Å²) < 4.78 is 0. The summed E-state index contributed by atoms with van der Waals surface area (Å²) in [5.41, 5.74) is 6.03. The first-order chi connectivity index (χ1) is 9.60. The zero-order valence-electron chi connectivity index (χ0n) is 10.5. The lowest BCUT2D eigenvalue weighted by Crippen LogP contribution is -2.17. The lowest BCUT2D eigenvalue weighted by Gasteiger charge is -2.17. The van der Waals surface area contributed by atoms with Crippen molar-refractivity contribution in [3.63, 3.8) is 0 Å². The summed E-state index contributed by atoms with van der Waals surface area (Å²) >= 11 is 5.82. The summed E-state index contributed by atoms with van der Waals surface area (Å²) in [5, 5.41) is 20.6. The van der Waals surface area contributed by atoms with Crippen LogP contribution in [0.25, 0.3) is 0 Å². The van der Waals surface area contributed by atoms with Crippen molar-refractivity contribution in [1.29, 1.82) is 0 Å². The van der Waals surface area contributed by atoms with Crippen molar-refractivity contribution in [2.45, 2.75) is 6.04 Å². The first-order valence-corrected chi connectivity index (χ1v) is 6.24. The Labute approximate surface area is 120 Å². The molecule has 7 heteroatoms. The maximum atomic E-state index is 10.9. The molecule has 2 aromatic rings. The van der Waals surface area contributed by atoms with Crippen molar-refractivity contribution in [2.75, 3.05) is 11.9 Å². The molecule has 4 N–H and O–H groups in total. The molecule has 1 aromatic heterocycles. The number of carbonyl (C=O) groups excluding carboxylic acids is 1. The Morgan fingerprint density at radius 1 is 1.25 bits per heavy atom. The van der Waals surface area contributed by atoms with Gasteiger partial charge in [-0.15, -0.1) is 10.2 Å². The number of hydrogen-bond donors (Lipinski definition) is 3. The normalized spacial score (nSPS) is 11.9. The second kappa shape index (κ2) is 6.31. The number of amides is 1. The number of rotatable bonds is 5. The number of aliphatic hydroxyl groups excluding tert-OH is 1. The average molecular weight is 293 g/mol. The van der Waals surface area contributed by atoms with Gasteiger partial charge in [0.05, 0.1) is 12.6 Å². The Morgan fingerprint density at radius 3 is 2.45 bits per heavy atom. The molecule has 0 bridgehead atoms. The van der Waals surface area contributed by atoms with Gasteiger partial charge in [-0.1, -0.05) is 23.7 Å². The first-order valence-electron chi connectivity index (χ1n) is 5.86. The van der Waals surface area contributed by atoms with Crippen molar-refractivity contribution in [1.82, 2.24) is 10.2 Å². The van der Waals surface area contributed by atoms with Gasteiger partial charge in [0, 0.05) is 5.02 Å². The van der Waals surface area contributed by atoms with Gasteiger partial charge in [0.25, 0.3) is 5.91 Å². The summed E-state index contributed by atoms with van der Waals surface area (Å²) in [6.45, 7) is -0.124. The molecule has 6 nitrogen and oxygen atoms in total. The van der Waals surface area contributed by atoms with E-state index in [0.29, 0.717) is 10.8 Å². The fraction of sp³-hybridized carbons (Fsp3) is 0.154. The molecule has 0 spiro atoms. The van der Waals surface area contributed by atoms with Crippen molar-refractivity contribution in [3.8, 4) is 0 Å². The summed E-state index contributed by atoms with van der Waals surface area (Å²) in [4.78, 5) is 10.9. The Kier molecular flexibility index (Phi) is 4.49. The molecule has 0 fully saturated rings. The van der Waals surface area contributed by atoms with E-state index in [4.69, 9.17) is 17.3 Å². The highest BCUT2D eigenvalue weighted by molar-refractivity contribution is 6.30. The third-order valence-corrected chi connectivity index (χ3v) is 2.95. The van der Waals surface area contributed by atoms with Crippen LogP contribution in [0.2, 0.25) is 5.02 Å². The molecule has 104 valence electrons. The number of benzene rings is 1. The van der Waals surface area contributed by atoms with Crippen LogP contribution in [0.15, 0.2) is 36.4 Å². The lowest BCUT2D eigenvalue weighted by molar-refractivity contribution is 0.0994. The quantitative estimate of drug-likeness (QED) is 0.773. The van der Waals surface area contributed by atoms with E-state index in [2.05, 4.69) is 15.5 Å². The molecule has 0 radical (unpaired) electrons. The van der Waals surface area contributed by atoms with Crippen molar-refractivity contribution in [3.05, 3.63) is 52.7 Å². The molecular weight excluding hydrogens is 280 g/mol. The number of anilines is 1. The van der Waals surface area contributed by atoms with Crippen molar-refractivity contribution < 1.29 is 9.90 Å². The molecule has 0 saturated carbocycles. The largest absolute Gasteiger partial charge is 0.394 e. The van der Waals surface area contributed by atoms with Crippen LogP contribution < -0.4 is 11.1 Å². The maximum Gasteiger partial charge on any atom is 0.269 e. The minimum Gasteiger partial charge on any atom is -0.394 e. The van der Waals surface area contributed by atoms with Crippen LogP contribution in [-0.2, 0) is 0 Å². The number of hydrogen-bond acceptors (Lipinski definition) is 5. The van der Waals surface area contributed by atoms with E-state index in [1.807, 2.05) is 0 Å². The number of nitrogens with zero attached hydrogens (tertiary/aromatic N) is 2. The Balaban J connectivity index is 2.13. The highest BCUT2D eigenvalue weighted by atomic mass is 35.5. The summed E-state index contributed by atoms with van der Waals surface area (Å²) in [6, 6.07) is 9.79. The van der Waals surface area contributed by atoms with Crippen LogP contribution in [0.5, 0.6) is 0 Å². The number of nitrogens with one attached hydrogen (secondary N) is 1. The summed E-state index contributed by atoms with van der Waals surface area (Å²) in [5.74, 6) is -0.204. The monoisotopic (exact) mass is 292 g/mol.